The summed E-state index contributed by atoms with van der Waals surface area (Å²) in [5.41, 5.74) is 0.140. The quantitative estimate of drug-likeness (QED) is 0.584. The van der Waals surface area contributed by atoms with Crippen molar-refractivity contribution in [2.75, 3.05) is 6.61 Å². The first-order valence-electron chi connectivity index (χ1n) is 4.48. The van der Waals surface area contributed by atoms with E-state index >= 15 is 0 Å². The molecule has 0 aliphatic carbocycles. The van der Waals surface area contributed by atoms with Crippen LogP contribution >= 0.6 is 58.0 Å². The van der Waals surface area contributed by atoms with Gasteiger partial charge in [-0.15, -0.1) is 34.8 Å². The summed E-state index contributed by atoms with van der Waals surface area (Å²) in [6.07, 6.45) is 0. The fourth-order valence-electron chi connectivity index (χ4n) is 1.56. The van der Waals surface area contributed by atoms with Gasteiger partial charge in [0.2, 0.25) is 0 Å². The van der Waals surface area contributed by atoms with Crippen LogP contribution in [0, 0.1) is 0 Å². The summed E-state index contributed by atoms with van der Waals surface area (Å²) >= 11 is 29.5. The van der Waals surface area contributed by atoms with Gasteiger partial charge in [-0.2, -0.15) is 0 Å². The normalized spacial score (nSPS) is 25.9. The Morgan fingerprint density at radius 1 is 1.06 bits per heavy atom. The molecule has 0 N–H and O–H groups in total. The van der Waals surface area contributed by atoms with Gasteiger partial charge in [0.25, 0.3) is 0 Å². The molecule has 0 saturated carbocycles. The highest BCUT2D eigenvalue weighted by atomic mass is 35.5. The molecular formula is C10H7Cl5O. The number of hydrogen-bond donors (Lipinski definition) is 0. The third-order valence-corrected chi connectivity index (χ3v) is 4.28. The van der Waals surface area contributed by atoms with E-state index < -0.39 is 15.8 Å². The van der Waals surface area contributed by atoms with Crippen molar-refractivity contribution < 1.29 is 4.74 Å². The van der Waals surface area contributed by atoms with Gasteiger partial charge in [-0.1, -0.05) is 23.2 Å². The largest absolute Gasteiger partial charge is 0.363 e. The van der Waals surface area contributed by atoms with Crippen molar-refractivity contribution in [1.82, 2.24) is 0 Å². The number of epoxide rings is 1. The van der Waals surface area contributed by atoms with E-state index in [4.69, 9.17) is 62.7 Å². The second kappa shape index (κ2) is 4.72. The molecule has 88 valence electrons. The van der Waals surface area contributed by atoms with E-state index in [9.17, 15) is 0 Å². The molecule has 1 fully saturated rings. The highest BCUT2D eigenvalue weighted by Crippen LogP contribution is 2.48. The maximum Gasteiger partial charge on any atom is 0.136 e. The molecule has 1 aromatic carbocycles. The molecule has 16 heavy (non-hydrogen) atoms. The zero-order valence-electron chi connectivity index (χ0n) is 7.89. The van der Waals surface area contributed by atoms with Crippen LogP contribution in [0.2, 0.25) is 10.0 Å². The minimum absolute atomic E-state index is 0.466. The zero-order valence-corrected chi connectivity index (χ0v) is 11.7. The van der Waals surface area contributed by atoms with Crippen LogP contribution in [0.5, 0.6) is 0 Å². The van der Waals surface area contributed by atoms with E-state index in [-0.39, 0.29) is 0 Å². The number of ether oxygens (including phenoxy) is 1. The van der Waals surface area contributed by atoms with Gasteiger partial charge >= 0.3 is 0 Å². The summed E-state index contributed by atoms with van der Waals surface area (Å²) < 4.78 is 5.40. The van der Waals surface area contributed by atoms with Crippen molar-refractivity contribution in [3.63, 3.8) is 0 Å². The number of hydrogen-bond acceptors (Lipinski definition) is 1. The number of rotatable bonds is 3. The molecule has 6 heteroatoms. The molecule has 0 radical (unpaired) electrons. The van der Waals surface area contributed by atoms with E-state index in [1.54, 1.807) is 18.2 Å². The Kier molecular flexibility index (Phi) is 3.85. The highest BCUT2D eigenvalue weighted by Gasteiger charge is 2.54. The Balaban J connectivity index is 2.36. The molecule has 1 nitrogen and oxygen atoms in total. The van der Waals surface area contributed by atoms with Crippen LogP contribution in [0.1, 0.15) is 5.56 Å². The average Bonchev–Trinajstić information content (AvgIpc) is 2.95. The minimum atomic E-state index is -0.720. The second-order valence-electron chi connectivity index (χ2n) is 3.57. The van der Waals surface area contributed by atoms with Gasteiger partial charge in [-0.05, 0) is 23.8 Å². The second-order valence-corrected chi connectivity index (χ2v) is 6.08. The van der Waals surface area contributed by atoms with Crippen LogP contribution in [0.25, 0.3) is 0 Å². The topological polar surface area (TPSA) is 12.5 Å². The van der Waals surface area contributed by atoms with Crippen LogP contribution in [0.4, 0.5) is 0 Å². The number of halogens is 5. The van der Waals surface area contributed by atoms with Crippen LogP contribution in [0.3, 0.4) is 0 Å². The predicted octanol–water partition coefficient (Wildman–Crippen LogP) is 4.63. The Labute approximate surface area is 119 Å². The third-order valence-electron chi connectivity index (χ3n) is 2.47. The van der Waals surface area contributed by atoms with Crippen molar-refractivity contribution in [3.05, 3.63) is 33.8 Å². The molecule has 0 aromatic heterocycles. The lowest BCUT2D eigenvalue weighted by atomic mass is 9.97. The summed E-state index contributed by atoms with van der Waals surface area (Å²) in [7, 11) is 0. The Bertz CT molecular complexity index is 382. The maximum absolute atomic E-state index is 6.13. The molecule has 1 saturated heterocycles. The van der Waals surface area contributed by atoms with Gasteiger partial charge in [0, 0.05) is 10.0 Å². The fraction of sp³-hybridized carbons (Fsp3) is 0.400. The van der Waals surface area contributed by atoms with Gasteiger partial charge in [-0.3, -0.25) is 0 Å². The van der Waals surface area contributed by atoms with E-state index in [2.05, 4.69) is 0 Å². The van der Waals surface area contributed by atoms with Gasteiger partial charge in [0.05, 0.1) is 12.0 Å². The molecule has 2 unspecified atom stereocenters. The average molecular weight is 320 g/mol. The van der Waals surface area contributed by atoms with Crippen molar-refractivity contribution in [3.8, 4) is 0 Å². The van der Waals surface area contributed by atoms with Crippen molar-refractivity contribution in [1.29, 1.82) is 0 Å². The number of benzene rings is 1. The van der Waals surface area contributed by atoms with Crippen molar-refractivity contribution in [2.24, 2.45) is 0 Å². The predicted molar refractivity (Wildman–Crippen MR) is 69.2 cm³/mol. The monoisotopic (exact) mass is 318 g/mol. The molecule has 1 heterocycles. The van der Waals surface area contributed by atoms with Crippen molar-refractivity contribution in [2.45, 2.75) is 15.8 Å². The number of alkyl halides is 3. The molecule has 0 bridgehead atoms. The molecule has 0 amide bonds. The lowest BCUT2D eigenvalue weighted by molar-refractivity contribution is 0.302. The molecule has 2 rings (SSSR count). The van der Waals surface area contributed by atoms with E-state index in [0.29, 0.717) is 16.7 Å². The fourth-order valence-corrected chi connectivity index (χ4v) is 2.75. The summed E-state index contributed by atoms with van der Waals surface area (Å²) in [6.45, 7) is 0.466. The molecule has 1 aliphatic heterocycles. The SMILES string of the molecule is Clc1cc(Cl)cc(C2(C(Cl)C(Cl)Cl)CO2)c1. The highest BCUT2D eigenvalue weighted by molar-refractivity contribution is 6.48. The maximum atomic E-state index is 6.13. The third kappa shape index (κ3) is 2.40. The first-order chi connectivity index (χ1) is 7.45. The molecule has 2 atom stereocenters. The first kappa shape index (κ1) is 13.1. The Hall–Kier alpha value is 0.630. The summed E-state index contributed by atoms with van der Waals surface area (Å²) in [5, 5.41) is 0.522. The van der Waals surface area contributed by atoms with E-state index in [0.717, 1.165) is 5.56 Å². The Morgan fingerprint density at radius 3 is 1.94 bits per heavy atom. The van der Waals surface area contributed by atoms with E-state index in [1.165, 1.54) is 0 Å². The summed E-state index contributed by atoms with van der Waals surface area (Å²) in [5.74, 6) is 0. The van der Waals surface area contributed by atoms with Gasteiger partial charge < -0.3 is 4.74 Å². The lowest BCUT2D eigenvalue weighted by Crippen LogP contribution is -2.28. The molecule has 1 aliphatic rings. The van der Waals surface area contributed by atoms with Gasteiger partial charge in [0.1, 0.15) is 10.4 Å². The summed E-state index contributed by atoms with van der Waals surface area (Å²) in [4.78, 5) is -0.720. The lowest BCUT2D eigenvalue weighted by Gasteiger charge is -2.20. The standard InChI is InChI=1S/C10H7Cl5O/c11-6-1-5(2-7(12)3-6)10(4-16-10)8(13)9(14)15/h1-3,8-9H,4H2. The molecule has 1 aromatic rings. The van der Waals surface area contributed by atoms with Crippen LogP contribution in [0.15, 0.2) is 18.2 Å². The first-order valence-corrected chi connectivity index (χ1v) is 6.55. The summed E-state index contributed by atoms with van der Waals surface area (Å²) in [6, 6.07) is 5.16. The van der Waals surface area contributed by atoms with Gasteiger partial charge in [-0.25, -0.2) is 0 Å². The Morgan fingerprint density at radius 2 is 1.56 bits per heavy atom. The van der Waals surface area contributed by atoms with Crippen molar-refractivity contribution >= 4 is 58.0 Å². The smallest absolute Gasteiger partial charge is 0.136 e. The zero-order chi connectivity index (χ0) is 11.9. The van der Waals surface area contributed by atoms with Crippen LogP contribution in [-0.4, -0.2) is 16.8 Å². The molecule has 0 spiro atoms. The minimum Gasteiger partial charge on any atom is -0.363 e. The van der Waals surface area contributed by atoms with Crippen LogP contribution in [-0.2, 0) is 10.3 Å². The van der Waals surface area contributed by atoms with E-state index in [1.807, 2.05) is 0 Å². The molecular weight excluding hydrogens is 313 g/mol. The van der Waals surface area contributed by atoms with Crippen LogP contribution < -0.4 is 0 Å². The van der Waals surface area contributed by atoms with Gasteiger partial charge in [0.15, 0.2) is 0 Å².